The van der Waals surface area contributed by atoms with Gasteiger partial charge in [0.1, 0.15) is 5.75 Å². The summed E-state index contributed by atoms with van der Waals surface area (Å²) in [6, 6.07) is 6.25. The number of benzene rings is 1. The van der Waals surface area contributed by atoms with E-state index in [-0.39, 0.29) is 5.75 Å². The standard InChI is InChI=1S/C12H15ClNO8P/c1-19-14(20-2)10(8-11(15)16)12(17)22-23(13,18)21-9-6-4-3-5-7-9/h3-7,10H,8H2,1-2H3,(H,15,16). The number of carbonyl (C=O) groups is 2. The second-order valence-corrected chi connectivity index (χ2v) is 6.48. The molecule has 0 fully saturated rings. The lowest BCUT2D eigenvalue weighted by molar-refractivity contribution is -0.359. The van der Waals surface area contributed by atoms with E-state index < -0.39 is 31.3 Å². The Morgan fingerprint density at radius 2 is 1.83 bits per heavy atom. The molecule has 2 atom stereocenters. The van der Waals surface area contributed by atoms with Gasteiger partial charge in [0.05, 0.1) is 20.6 Å². The molecule has 1 aromatic rings. The van der Waals surface area contributed by atoms with Gasteiger partial charge in [-0.05, 0) is 12.1 Å². The van der Waals surface area contributed by atoms with Crippen LogP contribution in [0.2, 0.25) is 0 Å². The predicted octanol–water partition coefficient (Wildman–Crippen LogP) is 2.22. The molecule has 0 amide bonds. The molecule has 1 N–H and O–H groups in total. The molecule has 2 unspecified atom stereocenters. The molecule has 0 spiro atoms. The van der Waals surface area contributed by atoms with Gasteiger partial charge in [-0.1, -0.05) is 23.4 Å². The van der Waals surface area contributed by atoms with E-state index in [4.69, 9.17) is 20.9 Å². The molecule has 1 rings (SSSR count). The van der Waals surface area contributed by atoms with Crippen LogP contribution in [0.15, 0.2) is 30.3 Å². The number of carboxylic acids is 1. The van der Waals surface area contributed by atoms with E-state index >= 15 is 0 Å². The van der Waals surface area contributed by atoms with Crippen LogP contribution in [0, 0.1) is 0 Å². The molecule has 0 aliphatic carbocycles. The van der Waals surface area contributed by atoms with Crippen molar-refractivity contribution < 1.29 is 38.0 Å². The Morgan fingerprint density at radius 3 is 2.30 bits per heavy atom. The molecule has 0 aliphatic heterocycles. The van der Waals surface area contributed by atoms with Crippen molar-refractivity contribution >= 4 is 30.1 Å². The predicted molar refractivity (Wildman–Crippen MR) is 78.5 cm³/mol. The zero-order valence-electron chi connectivity index (χ0n) is 12.2. The summed E-state index contributed by atoms with van der Waals surface area (Å²) in [4.78, 5) is 32.2. The minimum Gasteiger partial charge on any atom is -0.481 e. The minimum atomic E-state index is -4.34. The van der Waals surface area contributed by atoms with Gasteiger partial charge in [-0.25, -0.2) is 9.36 Å². The Morgan fingerprint density at radius 1 is 1.26 bits per heavy atom. The number of nitrogens with zero attached hydrogens (tertiary/aromatic N) is 1. The normalized spacial score (nSPS) is 14.8. The first-order valence-corrected chi connectivity index (χ1v) is 8.61. The van der Waals surface area contributed by atoms with E-state index in [1.54, 1.807) is 18.2 Å². The smallest absolute Gasteiger partial charge is 0.481 e. The highest BCUT2D eigenvalue weighted by Gasteiger charge is 2.37. The van der Waals surface area contributed by atoms with E-state index in [1.807, 2.05) is 0 Å². The molecule has 0 aromatic heterocycles. The molecule has 23 heavy (non-hydrogen) atoms. The van der Waals surface area contributed by atoms with Crippen LogP contribution in [0.25, 0.3) is 0 Å². The number of carbonyl (C=O) groups excluding carboxylic acids is 1. The SMILES string of the molecule is CON(OC)C(CC(=O)O)C(=O)OP(=O)(Cl)Oc1ccccc1. The van der Waals surface area contributed by atoms with Crippen molar-refractivity contribution in [1.82, 2.24) is 5.23 Å². The number of para-hydroxylation sites is 1. The fourth-order valence-electron chi connectivity index (χ4n) is 1.53. The van der Waals surface area contributed by atoms with Crippen molar-refractivity contribution in [1.29, 1.82) is 0 Å². The van der Waals surface area contributed by atoms with Crippen molar-refractivity contribution in [2.75, 3.05) is 14.2 Å². The maximum atomic E-state index is 12.0. The topological polar surface area (TPSA) is 112 Å². The fourth-order valence-corrected chi connectivity index (χ4v) is 2.72. The summed E-state index contributed by atoms with van der Waals surface area (Å²) in [6.07, 6.45) is -0.733. The number of carboxylic acid groups (broad SMARTS) is 1. The van der Waals surface area contributed by atoms with Crippen LogP contribution in [-0.4, -0.2) is 42.5 Å². The second-order valence-electron chi connectivity index (χ2n) is 4.01. The molecule has 0 saturated heterocycles. The highest BCUT2D eigenvalue weighted by Crippen LogP contribution is 2.53. The van der Waals surface area contributed by atoms with Crippen LogP contribution in [0.5, 0.6) is 5.75 Å². The number of halogens is 1. The number of aliphatic carboxylic acids is 1. The molecule has 0 heterocycles. The molecule has 11 heteroatoms. The van der Waals surface area contributed by atoms with Gasteiger partial charge < -0.3 is 14.2 Å². The molecule has 0 radical (unpaired) electrons. The molecular formula is C12H15ClNO8P. The maximum absolute atomic E-state index is 12.0. The van der Waals surface area contributed by atoms with Crippen LogP contribution >= 0.6 is 18.2 Å². The molecule has 0 aliphatic rings. The Labute approximate surface area is 136 Å². The lowest BCUT2D eigenvalue weighted by atomic mass is 10.2. The monoisotopic (exact) mass is 367 g/mol. The van der Waals surface area contributed by atoms with E-state index in [0.717, 1.165) is 14.2 Å². The average Bonchev–Trinajstić information content (AvgIpc) is 2.47. The van der Waals surface area contributed by atoms with Gasteiger partial charge in [-0.15, -0.1) is 0 Å². The first kappa shape index (κ1) is 19.4. The van der Waals surface area contributed by atoms with E-state index in [2.05, 4.69) is 14.2 Å². The van der Waals surface area contributed by atoms with Crippen LogP contribution in [0.4, 0.5) is 0 Å². The second kappa shape index (κ2) is 8.85. The van der Waals surface area contributed by atoms with Crippen LogP contribution in [0.3, 0.4) is 0 Å². The Kier molecular flexibility index (Phi) is 7.47. The quantitative estimate of drug-likeness (QED) is 0.518. The summed E-state index contributed by atoms with van der Waals surface area (Å²) in [5.74, 6) is -2.46. The average molecular weight is 368 g/mol. The summed E-state index contributed by atoms with van der Waals surface area (Å²) in [6.45, 7) is -4.34. The van der Waals surface area contributed by atoms with Gasteiger partial charge in [0, 0.05) is 11.2 Å². The van der Waals surface area contributed by atoms with E-state index in [9.17, 15) is 14.2 Å². The number of hydroxylamine groups is 2. The summed E-state index contributed by atoms with van der Waals surface area (Å²) >= 11 is 5.58. The molecule has 1 aromatic carbocycles. The lowest BCUT2D eigenvalue weighted by Crippen LogP contribution is -2.42. The summed E-state index contributed by atoms with van der Waals surface area (Å²) < 4.78 is 21.5. The zero-order chi connectivity index (χ0) is 17.5. The first-order valence-electron chi connectivity index (χ1n) is 6.16. The zero-order valence-corrected chi connectivity index (χ0v) is 13.9. The van der Waals surface area contributed by atoms with Gasteiger partial charge in [-0.2, -0.15) is 0 Å². The summed E-state index contributed by atoms with van der Waals surface area (Å²) in [7, 11) is 2.29. The van der Waals surface area contributed by atoms with Gasteiger partial charge in [-0.3, -0.25) is 14.5 Å². The van der Waals surface area contributed by atoms with Crippen LogP contribution in [-0.2, 0) is 28.4 Å². The van der Waals surface area contributed by atoms with Gasteiger partial charge in [0.2, 0.25) is 0 Å². The fraction of sp³-hybridized carbons (Fsp3) is 0.333. The van der Waals surface area contributed by atoms with Gasteiger partial charge in [0.15, 0.2) is 6.04 Å². The lowest BCUT2D eigenvalue weighted by Gasteiger charge is -2.24. The molecule has 9 nitrogen and oxygen atoms in total. The molecule has 128 valence electrons. The van der Waals surface area contributed by atoms with Crippen molar-refractivity contribution in [3.05, 3.63) is 30.3 Å². The molecule has 0 saturated carbocycles. The van der Waals surface area contributed by atoms with Crippen molar-refractivity contribution in [3.8, 4) is 5.75 Å². The maximum Gasteiger partial charge on any atom is 0.532 e. The first-order chi connectivity index (χ1) is 10.8. The van der Waals surface area contributed by atoms with E-state index in [0.29, 0.717) is 5.23 Å². The third kappa shape index (κ3) is 6.55. The van der Waals surface area contributed by atoms with Gasteiger partial charge in [0.25, 0.3) is 0 Å². The largest absolute Gasteiger partial charge is 0.532 e. The van der Waals surface area contributed by atoms with Crippen molar-refractivity contribution in [3.63, 3.8) is 0 Å². The van der Waals surface area contributed by atoms with Crippen LogP contribution < -0.4 is 4.52 Å². The van der Waals surface area contributed by atoms with Gasteiger partial charge >= 0.3 is 18.9 Å². The summed E-state index contributed by atoms with van der Waals surface area (Å²) in [5, 5.41) is 9.41. The van der Waals surface area contributed by atoms with Crippen molar-refractivity contribution in [2.24, 2.45) is 0 Å². The molecular weight excluding hydrogens is 353 g/mol. The number of hydrogen-bond acceptors (Lipinski definition) is 8. The highest BCUT2D eigenvalue weighted by molar-refractivity contribution is 7.82. The minimum absolute atomic E-state index is 0.115. The highest BCUT2D eigenvalue weighted by atomic mass is 35.7. The third-order valence-corrected chi connectivity index (χ3v) is 3.65. The Balaban J connectivity index is 2.83. The Bertz CT molecular complexity index is 580. The third-order valence-electron chi connectivity index (χ3n) is 2.41. The number of hydrogen-bond donors (Lipinski definition) is 1. The summed E-state index contributed by atoms with van der Waals surface area (Å²) in [5.41, 5.74) is 0. The number of rotatable bonds is 9. The molecule has 0 bridgehead atoms. The van der Waals surface area contributed by atoms with Crippen molar-refractivity contribution in [2.45, 2.75) is 12.5 Å². The Hall–Kier alpha value is -1.64. The van der Waals surface area contributed by atoms with E-state index in [1.165, 1.54) is 12.1 Å². The van der Waals surface area contributed by atoms with Crippen LogP contribution in [0.1, 0.15) is 6.42 Å².